The third kappa shape index (κ3) is 5.25. The van der Waals surface area contributed by atoms with E-state index in [4.69, 9.17) is 14.5 Å². The smallest absolute Gasteiger partial charge is 0.190 e. The molecular weight excluding hydrogens is 404 g/mol. The summed E-state index contributed by atoms with van der Waals surface area (Å²) in [6, 6.07) is 26.7. The van der Waals surface area contributed by atoms with Crippen molar-refractivity contribution in [2.75, 3.05) is 13.7 Å². The molecule has 0 unspecified atom stereocenters. The second kappa shape index (κ2) is 10.1. The summed E-state index contributed by atoms with van der Waals surface area (Å²) in [6.07, 6.45) is 0.942. The number of hydrogen-bond donors (Lipinski definition) is 0. The second-order valence-electron chi connectivity index (χ2n) is 7.06. The zero-order valence-electron chi connectivity index (χ0n) is 17.8. The van der Waals surface area contributed by atoms with Crippen LogP contribution in [-0.2, 0) is 13.0 Å². The highest BCUT2D eigenvalue weighted by atomic mass is 32.1. The fourth-order valence-corrected chi connectivity index (χ4v) is 4.36. The van der Waals surface area contributed by atoms with Crippen molar-refractivity contribution in [3.05, 3.63) is 94.6 Å². The van der Waals surface area contributed by atoms with Crippen molar-refractivity contribution in [1.29, 1.82) is 0 Å². The van der Waals surface area contributed by atoms with Crippen LogP contribution in [-0.4, -0.2) is 18.3 Å². The molecule has 0 amide bonds. The van der Waals surface area contributed by atoms with Crippen LogP contribution in [0.25, 0.3) is 11.3 Å². The summed E-state index contributed by atoms with van der Waals surface area (Å²) in [4.78, 5) is 5.90. The normalized spacial score (nSPS) is 11.5. The summed E-state index contributed by atoms with van der Waals surface area (Å²) >= 11 is 1.66. The van der Waals surface area contributed by atoms with Gasteiger partial charge in [-0.05, 0) is 73.0 Å². The van der Waals surface area contributed by atoms with Gasteiger partial charge in [0.1, 0.15) is 11.5 Å². The van der Waals surface area contributed by atoms with Gasteiger partial charge in [0.15, 0.2) is 4.80 Å². The van der Waals surface area contributed by atoms with Gasteiger partial charge in [0.2, 0.25) is 0 Å². The minimum absolute atomic E-state index is 0.666. The number of thiazole rings is 1. The van der Waals surface area contributed by atoms with Gasteiger partial charge in [-0.25, -0.2) is 4.99 Å². The standard InChI is InChI=1S/C26H26N2O2S/c1-3-30-24-13-9-21(10-14-24)25-19-31-26(27-22-11-15-23(29-2)16-12-22)28(25)18-17-20-7-5-4-6-8-20/h4-16,19H,3,17-18H2,1-2H3. The van der Waals surface area contributed by atoms with Crippen LogP contribution >= 0.6 is 11.3 Å². The molecule has 0 N–H and O–H groups in total. The van der Waals surface area contributed by atoms with Crippen LogP contribution in [0.1, 0.15) is 12.5 Å². The lowest BCUT2D eigenvalue weighted by molar-refractivity contribution is 0.340. The van der Waals surface area contributed by atoms with Crippen molar-refractivity contribution in [3.8, 4) is 22.8 Å². The van der Waals surface area contributed by atoms with Crippen LogP contribution in [0.15, 0.2) is 89.2 Å². The second-order valence-corrected chi connectivity index (χ2v) is 7.89. The predicted octanol–water partition coefficient (Wildman–Crippen LogP) is 6.10. The predicted molar refractivity (Wildman–Crippen MR) is 127 cm³/mol. The average molecular weight is 431 g/mol. The van der Waals surface area contributed by atoms with Crippen LogP contribution in [0.5, 0.6) is 11.5 Å². The first-order valence-electron chi connectivity index (χ1n) is 10.4. The molecule has 0 atom stereocenters. The molecule has 4 nitrogen and oxygen atoms in total. The summed E-state index contributed by atoms with van der Waals surface area (Å²) < 4.78 is 13.2. The Morgan fingerprint density at radius 2 is 1.58 bits per heavy atom. The monoisotopic (exact) mass is 430 g/mol. The molecule has 0 spiro atoms. The van der Waals surface area contributed by atoms with Gasteiger partial charge in [-0.1, -0.05) is 30.3 Å². The van der Waals surface area contributed by atoms with Gasteiger partial charge >= 0.3 is 0 Å². The molecule has 0 aliphatic heterocycles. The van der Waals surface area contributed by atoms with E-state index in [2.05, 4.69) is 52.4 Å². The minimum Gasteiger partial charge on any atom is -0.497 e. The van der Waals surface area contributed by atoms with Crippen molar-refractivity contribution in [2.45, 2.75) is 19.9 Å². The quantitative estimate of drug-likeness (QED) is 0.339. The Kier molecular flexibility index (Phi) is 6.85. The van der Waals surface area contributed by atoms with Gasteiger partial charge in [0.05, 0.1) is 25.1 Å². The number of benzene rings is 3. The lowest BCUT2D eigenvalue weighted by Crippen LogP contribution is -2.17. The molecule has 0 aliphatic rings. The highest BCUT2D eigenvalue weighted by Gasteiger charge is 2.09. The highest BCUT2D eigenvalue weighted by Crippen LogP contribution is 2.24. The minimum atomic E-state index is 0.666. The molecule has 31 heavy (non-hydrogen) atoms. The van der Waals surface area contributed by atoms with Crippen molar-refractivity contribution < 1.29 is 9.47 Å². The Morgan fingerprint density at radius 3 is 2.26 bits per heavy atom. The fourth-order valence-electron chi connectivity index (χ4n) is 3.41. The van der Waals surface area contributed by atoms with Crippen molar-refractivity contribution in [1.82, 2.24) is 4.57 Å². The zero-order valence-corrected chi connectivity index (χ0v) is 18.6. The summed E-state index contributed by atoms with van der Waals surface area (Å²) in [5, 5.41) is 2.18. The summed E-state index contributed by atoms with van der Waals surface area (Å²) in [6.45, 7) is 3.52. The van der Waals surface area contributed by atoms with E-state index in [-0.39, 0.29) is 0 Å². The summed E-state index contributed by atoms with van der Waals surface area (Å²) in [7, 11) is 1.67. The third-order valence-electron chi connectivity index (χ3n) is 5.02. The molecule has 3 aromatic carbocycles. The first-order valence-corrected chi connectivity index (χ1v) is 11.3. The number of methoxy groups -OCH3 is 1. The SMILES string of the molecule is CCOc1ccc(-c2csc(=Nc3ccc(OC)cc3)n2CCc2ccccc2)cc1. The molecule has 0 aliphatic carbocycles. The summed E-state index contributed by atoms with van der Waals surface area (Å²) in [5.41, 5.74) is 4.55. The van der Waals surface area contributed by atoms with Crippen LogP contribution in [0, 0.1) is 0 Å². The lowest BCUT2D eigenvalue weighted by atomic mass is 10.1. The number of aromatic nitrogens is 1. The Bertz CT molecular complexity index is 1160. The molecule has 0 saturated heterocycles. The molecule has 0 bridgehead atoms. The van der Waals surface area contributed by atoms with E-state index < -0.39 is 0 Å². The average Bonchev–Trinajstić information content (AvgIpc) is 3.22. The lowest BCUT2D eigenvalue weighted by Gasteiger charge is -2.10. The molecule has 158 valence electrons. The van der Waals surface area contributed by atoms with Crippen molar-refractivity contribution >= 4 is 17.0 Å². The van der Waals surface area contributed by atoms with E-state index >= 15 is 0 Å². The van der Waals surface area contributed by atoms with E-state index in [9.17, 15) is 0 Å². The number of hydrogen-bond acceptors (Lipinski definition) is 4. The van der Waals surface area contributed by atoms with Crippen LogP contribution in [0.2, 0.25) is 0 Å². The van der Waals surface area contributed by atoms with Gasteiger partial charge in [0.25, 0.3) is 0 Å². The molecule has 4 rings (SSSR count). The van der Waals surface area contributed by atoms with Crippen LogP contribution in [0.4, 0.5) is 5.69 Å². The van der Waals surface area contributed by atoms with Gasteiger partial charge in [-0.2, -0.15) is 0 Å². The zero-order chi connectivity index (χ0) is 21.5. The number of rotatable bonds is 8. The van der Waals surface area contributed by atoms with Crippen LogP contribution < -0.4 is 14.3 Å². The molecule has 1 aromatic heterocycles. The van der Waals surface area contributed by atoms with E-state index in [1.54, 1.807) is 18.4 Å². The molecule has 0 radical (unpaired) electrons. The maximum Gasteiger partial charge on any atom is 0.190 e. The fraction of sp³-hybridized carbons (Fsp3) is 0.192. The molecular formula is C26H26N2O2S. The first-order chi connectivity index (χ1) is 15.3. The van der Waals surface area contributed by atoms with E-state index in [0.29, 0.717) is 6.61 Å². The van der Waals surface area contributed by atoms with E-state index in [1.807, 2.05) is 43.3 Å². The Labute approximate surface area is 187 Å². The maximum absolute atomic E-state index is 5.60. The first kappa shape index (κ1) is 20.9. The Hall–Kier alpha value is -3.31. The largest absolute Gasteiger partial charge is 0.497 e. The highest BCUT2D eigenvalue weighted by molar-refractivity contribution is 7.07. The topological polar surface area (TPSA) is 35.8 Å². The van der Waals surface area contributed by atoms with Gasteiger partial charge < -0.3 is 14.0 Å². The molecule has 5 heteroatoms. The number of aryl methyl sites for hydroxylation is 1. The third-order valence-corrected chi connectivity index (χ3v) is 5.89. The van der Waals surface area contributed by atoms with Gasteiger partial charge in [-0.15, -0.1) is 11.3 Å². The van der Waals surface area contributed by atoms with E-state index in [1.165, 1.54) is 5.56 Å². The Morgan fingerprint density at radius 1 is 0.871 bits per heavy atom. The van der Waals surface area contributed by atoms with Gasteiger partial charge in [-0.3, -0.25) is 0 Å². The van der Waals surface area contributed by atoms with E-state index in [0.717, 1.165) is 46.2 Å². The number of nitrogens with zero attached hydrogens (tertiary/aromatic N) is 2. The molecule has 0 saturated carbocycles. The maximum atomic E-state index is 5.60. The number of ether oxygens (including phenoxy) is 2. The summed E-state index contributed by atoms with van der Waals surface area (Å²) in [5.74, 6) is 1.72. The van der Waals surface area contributed by atoms with Crippen molar-refractivity contribution in [3.63, 3.8) is 0 Å². The van der Waals surface area contributed by atoms with Crippen molar-refractivity contribution in [2.24, 2.45) is 4.99 Å². The molecule has 0 fully saturated rings. The van der Waals surface area contributed by atoms with Crippen LogP contribution in [0.3, 0.4) is 0 Å². The Balaban J connectivity index is 1.70. The molecule has 4 aromatic rings. The molecule has 1 heterocycles. The van der Waals surface area contributed by atoms with Gasteiger partial charge in [0, 0.05) is 11.9 Å².